The Morgan fingerprint density at radius 2 is 0.783 bits per heavy atom. The lowest BCUT2D eigenvalue weighted by Crippen LogP contribution is -2.78. The van der Waals surface area contributed by atoms with Gasteiger partial charge in [0.15, 0.2) is 0 Å². The van der Waals surface area contributed by atoms with Gasteiger partial charge in [-0.2, -0.15) is 106 Å². The smallest absolute Gasteiger partial charge is 0.291 e. The van der Waals surface area contributed by atoms with Crippen molar-refractivity contribution in [1.82, 2.24) is 0 Å². The normalized spacial score (nSPS) is 15.3. The standard InChI is InChI=1S/C34H29F23O3/c1-2-12-21(17-10-5-11-18-22(19-13-6-3-7-14-19)20-15-8-4-9-16-20)59-60-23(58)24(35,36)25(37,38)26(39,40)27(41,42)28(43,44)29(45,46)30(47,48)31(49,50)32(51,52)33(53,54)34(55,56)57/h3-4,6-9,13-16,21-22H,2,5,10-12,17-18H2,1H3. The molecule has 1 atom stereocenters. The fraction of sp³-hybridized carbons (Fsp3) is 0.618. The molecule has 0 heterocycles. The van der Waals surface area contributed by atoms with Crippen molar-refractivity contribution >= 4 is 5.97 Å². The van der Waals surface area contributed by atoms with Crippen LogP contribution in [0.5, 0.6) is 0 Å². The molecule has 0 radical (unpaired) electrons. The monoisotopic (exact) mass is 922 g/mol. The Morgan fingerprint density at radius 3 is 1.13 bits per heavy atom. The maximum absolute atomic E-state index is 14.4. The van der Waals surface area contributed by atoms with E-state index in [1.165, 1.54) is 6.92 Å². The zero-order valence-electron chi connectivity index (χ0n) is 29.8. The summed E-state index contributed by atoms with van der Waals surface area (Å²) in [5.74, 6) is -94.4. The molecule has 2 aromatic rings. The molecule has 0 aliphatic rings. The summed E-state index contributed by atoms with van der Waals surface area (Å²) in [6.07, 6.45) is -9.01. The Kier molecular flexibility index (Phi) is 15.3. The maximum Gasteiger partial charge on any atom is 0.460 e. The van der Waals surface area contributed by atoms with Gasteiger partial charge in [-0.1, -0.05) is 93.3 Å². The average molecular weight is 923 g/mol. The topological polar surface area (TPSA) is 35.5 Å². The summed E-state index contributed by atoms with van der Waals surface area (Å²) in [5, 5.41) is 0. The molecule has 1 unspecified atom stereocenters. The van der Waals surface area contributed by atoms with Crippen LogP contribution in [0.25, 0.3) is 0 Å². The van der Waals surface area contributed by atoms with E-state index in [1.54, 1.807) is 36.4 Å². The van der Waals surface area contributed by atoms with Gasteiger partial charge in [-0.25, -0.2) is 4.79 Å². The van der Waals surface area contributed by atoms with Crippen LogP contribution in [0.4, 0.5) is 101 Å². The third-order valence-electron chi connectivity index (χ3n) is 8.95. The van der Waals surface area contributed by atoms with E-state index in [9.17, 15) is 106 Å². The molecule has 0 N–H and O–H groups in total. The molecule has 0 spiro atoms. The highest BCUT2D eigenvalue weighted by Crippen LogP contribution is 2.67. The lowest BCUT2D eigenvalue weighted by Gasteiger charge is -2.44. The van der Waals surface area contributed by atoms with E-state index in [0.29, 0.717) is 19.3 Å². The van der Waals surface area contributed by atoms with Crippen LogP contribution < -0.4 is 0 Å². The summed E-state index contributed by atoms with van der Waals surface area (Å²) in [5.41, 5.74) is 1.83. The SMILES string of the molecule is CCCC(CCCCCC(c1ccccc1)c1ccccc1)OOC(=O)C(F)(F)C(F)(F)C(F)(F)C(F)(F)C(F)(F)C(F)(F)C(F)(F)C(F)(F)C(F)(F)C(F)(F)C(F)(F)F. The van der Waals surface area contributed by atoms with Gasteiger partial charge < -0.3 is 0 Å². The first-order valence-electron chi connectivity index (χ1n) is 16.7. The van der Waals surface area contributed by atoms with Gasteiger partial charge in [0.1, 0.15) is 6.10 Å². The summed E-state index contributed by atoms with van der Waals surface area (Å²) in [6.45, 7) is 1.37. The van der Waals surface area contributed by atoms with Gasteiger partial charge in [0, 0.05) is 5.92 Å². The second kappa shape index (κ2) is 17.6. The highest BCUT2D eigenvalue weighted by molar-refractivity contribution is 5.78. The molecule has 0 bridgehead atoms. The molecule has 2 aromatic carbocycles. The number of rotatable bonds is 22. The van der Waals surface area contributed by atoms with Crippen LogP contribution in [0.1, 0.15) is 68.9 Å². The maximum atomic E-state index is 14.4. The van der Waals surface area contributed by atoms with E-state index in [1.807, 2.05) is 24.3 Å². The largest absolute Gasteiger partial charge is 0.460 e. The van der Waals surface area contributed by atoms with Crippen molar-refractivity contribution < 1.29 is 116 Å². The van der Waals surface area contributed by atoms with Gasteiger partial charge in [-0.15, -0.1) is 0 Å². The fourth-order valence-corrected chi connectivity index (χ4v) is 5.40. The highest BCUT2D eigenvalue weighted by Gasteiger charge is 2.99. The summed E-state index contributed by atoms with van der Waals surface area (Å²) < 4.78 is 315. The van der Waals surface area contributed by atoms with Crippen molar-refractivity contribution in [2.45, 2.75) is 129 Å². The van der Waals surface area contributed by atoms with Crippen molar-refractivity contribution in [2.75, 3.05) is 0 Å². The van der Waals surface area contributed by atoms with Gasteiger partial charge >= 0.3 is 71.4 Å². The molecule has 0 fully saturated rings. The van der Waals surface area contributed by atoms with E-state index >= 15 is 0 Å². The Balaban J connectivity index is 2.28. The lowest BCUT2D eigenvalue weighted by atomic mass is 9.85. The molecule has 0 saturated heterocycles. The second-order valence-corrected chi connectivity index (χ2v) is 13.1. The van der Waals surface area contributed by atoms with Crippen LogP contribution in [0.2, 0.25) is 0 Å². The third-order valence-corrected chi connectivity index (χ3v) is 8.95. The molecule has 3 nitrogen and oxygen atoms in total. The van der Waals surface area contributed by atoms with Crippen LogP contribution in [0.3, 0.4) is 0 Å². The molecule has 0 saturated carbocycles. The van der Waals surface area contributed by atoms with Crippen molar-refractivity contribution in [3.63, 3.8) is 0 Å². The molecular weight excluding hydrogens is 893 g/mol. The van der Waals surface area contributed by atoms with Gasteiger partial charge in [0.25, 0.3) is 0 Å². The third kappa shape index (κ3) is 8.80. The average Bonchev–Trinajstić information content (AvgIpc) is 3.14. The first kappa shape index (κ1) is 52.4. The Bertz CT molecular complexity index is 1660. The minimum absolute atomic E-state index is 0.00983. The summed E-state index contributed by atoms with van der Waals surface area (Å²) in [6, 6.07) is 18.0. The number of carbonyl (C=O) groups excluding carboxylic acids is 1. The molecule has 60 heavy (non-hydrogen) atoms. The summed E-state index contributed by atoms with van der Waals surface area (Å²) >= 11 is 0. The Hall–Kier alpha value is -3.74. The van der Waals surface area contributed by atoms with Crippen LogP contribution in [0.15, 0.2) is 60.7 Å². The first-order valence-corrected chi connectivity index (χ1v) is 16.7. The van der Waals surface area contributed by atoms with E-state index in [0.717, 1.165) is 11.1 Å². The minimum Gasteiger partial charge on any atom is -0.291 e. The van der Waals surface area contributed by atoms with Gasteiger partial charge in [0.05, 0.1) is 0 Å². The zero-order valence-corrected chi connectivity index (χ0v) is 29.8. The lowest BCUT2D eigenvalue weighted by molar-refractivity contribution is -0.478. The zero-order chi connectivity index (χ0) is 46.8. The van der Waals surface area contributed by atoms with E-state index in [4.69, 9.17) is 0 Å². The molecular formula is C34H29F23O3. The number of benzene rings is 2. The number of alkyl halides is 23. The molecule has 2 rings (SSSR count). The van der Waals surface area contributed by atoms with Crippen molar-refractivity contribution in [3.05, 3.63) is 71.8 Å². The van der Waals surface area contributed by atoms with Crippen molar-refractivity contribution in [1.29, 1.82) is 0 Å². The molecule has 0 aromatic heterocycles. The molecule has 0 amide bonds. The quantitative estimate of drug-likeness (QED) is 0.0511. The Morgan fingerprint density at radius 1 is 0.450 bits per heavy atom. The molecule has 344 valence electrons. The number of unbranched alkanes of at least 4 members (excludes halogenated alkanes) is 2. The highest BCUT2D eigenvalue weighted by atomic mass is 19.4. The molecule has 0 aliphatic carbocycles. The predicted molar refractivity (Wildman–Crippen MR) is 159 cm³/mol. The van der Waals surface area contributed by atoms with Gasteiger partial charge in [-0.3, -0.25) is 4.89 Å². The Labute approximate surface area is 323 Å². The number of hydrogen-bond donors (Lipinski definition) is 0. The van der Waals surface area contributed by atoms with Crippen LogP contribution >= 0.6 is 0 Å². The number of halogens is 23. The first-order chi connectivity index (χ1) is 26.9. The van der Waals surface area contributed by atoms with Crippen molar-refractivity contribution in [2.24, 2.45) is 0 Å². The van der Waals surface area contributed by atoms with Gasteiger partial charge in [0.2, 0.25) is 0 Å². The van der Waals surface area contributed by atoms with E-state index in [2.05, 4.69) is 9.78 Å². The summed E-state index contributed by atoms with van der Waals surface area (Å²) in [4.78, 5) is 19.3. The minimum atomic E-state index is -9.53. The van der Waals surface area contributed by atoms with Gasteiger partial charge in [-0.05, 0) is 30.4 Å². The van der Waals surface area contributed by atoms with E-state index in [-0.39, 0.29) is 31.6 Å². The molecule has 0 aliphatic heterocycles. The van der Waals surface area contributed by atoms with Crippen LogP contribution in [0, 0.1) is 0 Å². The van der Waals surface area contributed by atoms with Crippen LogP contribution in [-0.2, 0) is 14.6 Å². The number of carbonyl (C=O) groups is 1. The second-order valence-electron chi connectivity index (χ2n) is 13.1. The van der Waals surface area contributed by atoms with E-state index < -0.39 is 77.5 Å². The predicted octanol–water partition coefficient (Wildman–Crippen LogP) is 13.3. The molecule has 26 heteroatoms. The van der Waals surface area contributed by atoms with Crippen molar-refractivity contribution in [3.8, 4) is 0 Å². The number of hydrogen-bond acceptors (Lipinski definition) is 3. The van der Waals surface area contributed by atoms with Crippen LogP contribution in [-0.4, -0.2) is 77.5 Å². The fourth-order valence-electron chi connectivity index (χ4n) is 5.40. The summed E-state index contributed by atoms with van der Waals surface area (Å²) in [7, 11) is 0.